The Morgan fingerprint density at radius 3 is 2.66 bits per heavy atom. The summed E-state index contributed by atoms with van der Waals surface area (Å²) in [5.74, 6) is 0.892. The molecule has 0 spiro atoms. The Balaban J connectivity index is 1.50. The third kappa shape index (κ3) is 6.76. The van der Waals surface area contributed by atoms with Gasteiger partial charge in [-0.25, -0.2) is 0 Å². The zero-order chi connectivity index (χ0) is 24.8. The minimum absolute atomic E-state index is 0.0102. The molecule has 0 radical (unpaired) electrons. The highest BCUT2D eigenvalue weighted by Gasteiger charge is 2.32. The van der Waals surface area contributed by atoms with Crippen molar-refractivity contribution in [3.05, 3.63) is 65.2 Å². The van der Waals surface area contributed by atoms with Crippen molar-refractivity contribution in [2.45, 2.75) is 44.5 Å². The Bertz CT molecular complexity index is 998. The van der Waals surface area contributed by atoms with Crippen LogP contribution in [-0.4, -0.2) is 61.7 Å². The molecule has 2 aliphatic heterocycles. The molecular formula is C27H33F3N2O3. The van der Waals surface area contributed by atoms with Crippen LogP contribution in [0.1, 0.15) is 47.2 Å². The highest BCUT2D eigenvalue weighted by Crippen LogP contribution is 2.30. The van der Waals surface area contributed by atoms with Gasteiger partial charge in [0.1, 0.15) is 12.4 Å². The first-order chi connectivity index (χ1) is 16.8. The number of fused-ring (bicyclic) bond motifs is 4. The predicted octanol–water partition coefficient (Wildman–Crippen LogP) is 5.25. The lowest BCUT2D eigenvalue weighted by Crippen LogP contribution is -2.46. The third-order valence-corrected chi connectivity index (χ3v) is 6.97. The van der Waals surface area contributed by atoms with Crippen LogP contribution in [0.2, 0.25) is 0 Å². The summed E-state index contributed by atoms with van der Waals surface area (Å²) in [4.78, 5) is 17.2. The Morgan fingerprint density at radius 2 is 1.86 bits per heavy atom. The van der Waals surface area contributed by atoms with E-state index in [2.05, 4.69) is 4.90 Å². The lowest BCUT2D eigenvalue weighted by Gasteiger charge is -2.38. The zero-order valence-electron chi connectivity index (χ0n) is 20.1. The molecule has 0 aromatic heterocycles. The number of piperidine rings is 1. The van der Waals surface area contributed by atoms with Gasteiger partial charge in [0.2, 0.25) is 0 Å². The molecule has 2 aromatic rings. The summed E-state index contributed by atoms with van der Waals surface area (Å²) < 4.78 is 51.2. The summed E-state index contributed by atoms with van der Waals surface area (Å²) in [7, 11) is 1.73. The van der Waals surface area contributed by atoms with Crippen LogP contribution in [-0.2, 0) is 17.5 Å². The second-order valence-electron chi connectivity index (χ2n) is 9.42. The zero-order valence-corrected chi connectivity index (χ0v) is 20.1. The highest BCUT2D eigenvalue weighted by atomic mass is 19.4. The fourth-order valence-corrected chi connectivity index (χ4v) is 5.09. The molecule has 0 unspecified atom stereocenters. The Kier molecular flexibility index (Phi) is 8.34. The molecule has 4 rings (SSSR count). The molecule has 2 aromatic carbocycles. The first kappa shape index (κ1) is 25.5. The van der Waals surface area contributed by atoms with Crippen LogP contribution in [0.3, 0.4) is 0 Å². The van der Waals surface area contributed by atoms with E-state index in [9.17, 15) is 18.0 Å². The number of halogens is 3. The van der Waals surface area contributed by atoms with Gasteiger partial charge in [0, 0.05) is 44.8 Å². The minimum Gasteiger partial charge on any atom is -0.492 e. The molecule has 1 fully saturated rings. The third-order valence-electron chi connectivity index (χ3n) is 6.97. The van der Waals surface area contributed by atoms with E-state index < -0.39 is 11.7 Å². The summed E-state index contributed by atoms with van der Waals surface area (Å²) in [6, 6.07) is 12.8. The van der Waals surface area contributed by atoms with E-state index >= 15 is 0 Å². The van der Waals surface area contributed by atoms with Crippen molar-refractivity contribution in [2.24, 2.45) is 5.92 Å². The van der Waals surface area contributed by atoms with Gasteiger partial charge in [-0.3, -0.25) is 9.69 Å². The minimum atomic E-state index is -4.36. The maximum atomic E-state index is 13.2. The molecule has 1 amide bonds. The number of methoxy groups -OCH3 is 1. The lowest BCUT2D eigenvalue weighted by molar-refractivity contribution is -0.137. The van der Waals surface area contributed by atoms with Gasteiger partial charge < -0.3 is 14.4 Å². The number of carbonyl (C=O) groups is 1. The lowest BCUT2D eigenvalue weighted by atomic mass is 9.89. The molecule has 2 atom stereocenters. The van der Waals surface area contributed by atoms with Crippen LogP contribution in [0, 0.1) is 5.92 Å². The Labute approximate surface area is 204 Å². The number of rotatable bonds is 3. The predicted molar refractivity (Wildman–Crippen MR) is 127 cm³/mol. The molecule has 0 N–H and O–H groups in total. The standard InChI is InChI=1S/C27H33F3N2O3/c1-34-25-11-13-32-19-22(25)7-2-3-12-31(18-20-6-4-9-23(16-20)27(28,29)30)14-15-35-24-10-5-8-21(17-24)26(32)33/h4-6,8-10,16-17,22,25H,2-3,7,11-15,18-19H2,1H3/t22-,25+/m1/s1. The van der Waals surface area contributed by atoms with Crippen molar-refractivity contribution in [1.82, 2.24) is 9.80 Å². The molecule has 0 aliphatic carbocycles. The summed E-state index contributed by atoms with van der Waals surface area (Å²) in [5.41, 5.74) is 0.610. The molecule has 2 aliphatic rings. The molecule has 190 valence electrons. The fraction of sp³-hybridized carbons (Fsp3) is 0.519. The Morgan fingerprint density at radius 1 is 1.03 bits per heavy atom. The highest BCUT2D eigenvalue weighted by molar-refractivity contribution is 5.94. The van der Waals surface area contributed by atoms with Gasteiger partial charge in [0.15, 0.2) is 0 Å². The number of hydrogen-bond donors (Lipinski definition) is 0. The number of amides is 1. The van der Waals surface area contributed by atoms with Crippen LogP contribution in [0.15, 0.2) is 48.5 Å². The van der Waals surface area contributed by atoms with Crippen molar-refractivity contribution in [3.63, 3.8) is 0 Å². The summed E-state index contributed by atoms with van der Waals surface area (Å²) >= 11 is 0. The van der Waals surface area contributed by atoms with Gasteiger partial charge in [0.05, 0.1) is 11.7 Å². The van der Waals surface area contributed by atoms with Gasteiger partial charge in [-0.05, 0) is 55.6 Å². The SMILES string of the molecule is CO[C@H]1CCN2C[C@H]1CCCCN(Cc1cccc(C(F)(F)F)c1)CCOc1cccc(c1)C2=O. The molecular weight excluding hydrogens is 457 g/mol. The van der Waals surface area contributed by atoms with Crippen molar-refractivity contribution < 1.29 is 27.4 Å². The van der Waals surface area contributed by atoms with Crippen LogP contribution < -0.4 is 4.74 Å². The molecule has 8 heteroatoms. The molecule has 4 bridgehead atoms. The van der Waals surface area contributed by atoms with E-state index in [0.29, 0.717) is 49.7 Å². The number of benzene rings is 2. The van der Waals surface area contributed by atoms with Crippen molar-refractivity contribution in [3.8, 4) is 5.75 Å². The first-order valence-electron chi connectivity index (χ1n) is 12.3. The Hall–Kier alpha value is -2.58. The maximum Gasteiger partial charge on any atom is 0.416 e. The van der Waals surface area contributed by atoms with Crippen molar-refractivity contribution in [1.29, 1.82) is 0 Å². The van der Waals surface area contributed by atoms with Gasteiger partial charge in [0.25, 0.3) is 5.91 Å². The average Bonchev–Trinajstić information content (AvgIpc) is 2.85. The van der Waals surface area contributed by atoms with Gasteiger partial charge in [-0.15, -0.1) is 0 Å². The molecule has 35 heavy (non-hydrogen) atoms. The van der Waals surface area contributed by atoms with Crippen LogP contribution in [0.25, 0.3) is 0 Å². The van der Waals surface area contributed by atoms with E-state index in [1.54, 1.807) is 19.2 Å². The summed E-state index contributed by atoms with van der Waals surface area (Å²) in [6.07, 6.45) is -0.607. The average molecular weight is 491 g/mol. The molecule has 5 nitrogen and oxygen atoms in total. The molecule has 1 saturated heterocycles. The largest absolute Gasteiger partial charge is 0.492 e. The smallest absolute Gasteiger partial charge is 0.416 e. The maximum absolute atomic E-state index is 13.2. The number of nitrogens with zero attached hydrogens (tertiary/aromatic N) is 2. The van der Waals surface area contributed by atoms with Gasteiger partial charge in [-0.1, -0.05) is 30.7 Å². The summed E-state index contributed by atoms with van der Waals surface area (Å²) in [5, 5.41) is 0. The van der Waals surface area contributed by atoms with Gasteiger partial charge in [-0.2, -0.15) is 13.2 Å². The number of ether oxygens (including phenoxy) is 2. The van der Waals surface area contributed by atoms with Crippen LogP contribution in [0.4, 0.5) is 13.2 Å². The second-order valence-corrected chi connectivity index (χ2v) is 9.42. The molecule has 2 heterocycles. The van der Waals surface area contributed by atoms with Crippen molar-refractivity contribution in [2.75, 3.05) is 39.9 Å². The topological polar surface area (TPSA) is 42.0 Å². The van der Waals surface area contributed by atoms with E-state index in [0.717, 1.165) is 38.3 Å². The summed E-state index contributed by atoms with van der Waals surface area (Å²) in [6.45, 7) is 3.47. The number of alkyl halides is 3. The van der Waals surface area contributed by atoms with Crippen LogP contribution >= 0.6 is 0 Å². The quantitative estimate of drug-likeness (QED) is 0.590. The monoisotopic (exact) mass is 490 g/mol. The number of hydrogen-bond acceptors (Lipinski definition) is 4. The fourth-order valence-electron chi connectivity index (χ4n) is 5.09. The van der Waals surface area contributed by atoms with Crippen molar-refractivity contribution >= 4 is 5.91 Å². The number of carbonyl (C=O) groups excluding carboxylic acids is 1. The van der Waals surface area contributed by atoms with Crippen LogP contribution in [0.5, 0.6) is 5.75 Å². The van der Waals surface area contributed by atoms with E-state index in [1.165, 1.54) is 12.1 Å². The first-order valence-corrected chi connectivity index (χ1v) is 12.3. The van der Waals surface area contributed by atoms with E-state index in [4.69, 9.17) is 9.47 Å². The normalized spacial score (nSPS) is 22.7. The molecule has 0 saturated carbocycles. The van der Waals surface area contributed by atoms with Gasteiger partial charge >= 0.3 is 6.18 Å². The van der Waals surface area contributed by atoms with E-state index in [1.807, 2.05) is 23.1 Å². The second kappa shape index (κ2) is 11.4. The van der Waals surface area contributed by atoms with E-state index in [-0.39, 0.29) is 17.9 Å².